The summed E-state index contributed by atoms with van der Waals surface area (Å²) in [6.07, 6.45) is 1.64. The van der Waals surface area contributed by atoms with Gasteiger partial charge in [-0.15, -0.1) is 0 Å². The Kier molecular flexibility index (Phi) is 8.44. The second-order valence-electron chi connectivity index (χ2n) is 10.8. The molecule has 4 rings (SSSR count). The average Bonchev–Trinajstić information content (AvgIpc) is 3.57. The van der Waals surface area contributed by atoms with Crippen molar-refractivity contribution in [2.75, 3.05) is 45.9 Å². The van der Waals surface area contributed by atoms with Crippen molar-refractivity contribution in [1.29, 1.82) is 0 Å². The molecule has 3 amide bonds. The number of likely N-dealkylation sites (tertiary alicyclic amines) is 2. The monoisotopic (exact) mass is 484 g/mol. The van der Waals surface area contributed by atoms with E-state index in [9.17, 15) is 14.4 Å². The predicted octanol–water partition coefficient (Wildman–Crippen LogP) is 1.82. The van der Waals surface area contributed by atoms with E-state index in [0.717, 1.165) is 51.1 Å². The van der Waals surface area contributed by atoms with Crippen LogP contribution in [0.5, 0.6) is 0 Å². The topological polar surface area (TPSA) is 91.0 Å². The third-order valence-electron chi connectivity index (χ3n) is 7.72. The van der Waals surface area contributed by atoms with Crippen LogP contribution in [0, 0.1) is 23.7 Å². The van der Waals surface area contributed by atoms with E-state index >= 15 is 0 Å². The summed E-state index contributed by atoms with van der Waals surface area (Å²) in [5, 5.41) is 6.11. The molecule has 35 heavy (non-hydrogen) atoms. The lowest BCUT2D eigenvalue weighted by molar-refractivity contribution is -0.136. The van der Waals surface area contributed by atoms with Crippen LogP contribution in [0.4, 0.5) is 0 Å². The smallest absolute Gasteiger partial charge is 0.245 e. The first-order valence-corrected chi connectivity index (χ1v) is 13.0. The molecule has 0 bridgehead atoms. The van der Waals surface area contributed by atoms with E-state index in [2.05, 4.69) is 27.7 Å². The first-order chi connectivity index (χ1) is 16.8. The lowest BCUT2D eigenvalue weighted by Gasteiger charge is -2.28. The molecule has 3 aliphatic heterocycles. The summed E-state index contributed by atoms with van der Waals surface area (Å²) in [7, 11) is 0. The Balaban J connectivity index is 1.30. The SMILES string of the molecule is CC(=O)N[C@@H](C(=O)N1CC2CN(CC[C@H](NC(=O)C3CCOC3)c3ccccc3)CC2C1)C(C)C. The van der Waals surface area contributed by atoms with Gasteiger partial charge in [-0.2, -0.15) is 0 Å². The van der Waals surface area contributed by atoms with Crippen molar-refractivity contribution in [3.8, 4) is 0 Å². The Morgan fingerprint density at radius 2 is 1.71 bits per heavy atom. The molecule has 1 aromatic carbocycles. The highest BCUT2D eigenvalue weighted by Crippen LogP contribution is 2.32. The average molecular weight is 485 g/mol. The Hall–Kier alpha value is -2.45. The highest BCUT2D eigenvalue weighted by molar-refractivity contribution is 5.87. The molecular weight excluding hydrogens is 444 g/mol. The fourth-order valence-corrected chi connectivity index (χ4v) is 5.73. The number of ether oxygens (including phenoxy) is 1. The van der Waals surface area contributed by atoms with Gasteiger partial charge in [0, 0.05) is 46.3 Å². The molecule has 0 aliphatic carbocycles. The van der Waals surface area contributed by atoms with Gasteiger partial charge in [-0.1, -0.05) is 44.2 Å². The molecule has 8 heteroatoms. The molecule has 2 N–H and O–H groups in total. The number of benzene rings is 1. The van der Waals surface area contributed by atoms with E-state index < -0.39 is 6.04 Å². The summed E-state index contributed by atoms with van der Waals surface area (Å²) in [5.41, 5.74) is 1.13. The van der Waals surface area contributed by atoms with E-state index in [1.807, 2.05) is 36.9 Å². The molecule has 3 fully saturated rings. The zero-order chi connectivity index (χ0) is 24.9. The van der Waals surface area contributed by atoms with Crippen LogP contribution in [-0.2, 0) is 19.1 Å². The van der Waals surface area contributed by atoms with E-state index in [-0.39, 0.29) is 35.6 Å². The maximum Gasteiger partial charge on any atom is 0.245 e. The minimum atomic E-state index is -0.456. The van der Waals surface area contributed by atoms with Crippen molar-refractivity contribution in [2.45, 2.75) is 45.7 Å². The zero-order valence-electron chi connectivity index (χ0n) is 21.2. The summed E-state index contributed by atoms with van der Waals surface area (Å²) >= 11 is 0. The normalized spacial score (nSPS) is 25.9. The van der Waals surface area contributed by atoms with Crippen molar-refractivity contribution in [3.63, 3.8) is 0 Å². The number of rotatable bonds is 9. The molecule has 192 valence electrons. The molecular formula is C27H40N4O4. The number of carbonyl (C=O) groups is 3. The molecule has 3 heterocycles. The molecule has 5 atom stereocenters. The maximum atomic E-state index is 13.1. The number of nitrogens with one attached hydrogen (secondary N) is 2. The van der Waals surface area contributed by atoms with Crippen molar-refractivity contribution < 1.29 is 19.1 Å². The van der Waals surface area contributed by atoms with Crippen LogP contribution in [-0.4, -0.2) is 79.5 Å². The first-order valence-electron chi connectivity index (χ1n) is 13.0. The van der Waals surface area contributed by atoms with Gasteiger partial charge in [-0.25, -0.2) is 0 Å². The summed E-state index contributed by atoms with van der Waals surface area (Å²) in [4.78, 5) is 41.8. The molecule has 0 spiro atoms. The van der Waals surface area contributed by atoms with Crippen molar-refractivity contribution >= 4 is 17.7 Å². The summed E-state index contributed by atoms with van der Waals surface area (Å²) in [6.45, 7) is 10.9. The van der Waals surface area contributed by atoms with Gasteiger partial charge in [-0.3, -0.25) is 14.4 Å². The van der Waals surface area contributed by atoms with Gasteiger partial charge in [0.2, 0.25) is 17.7 Å². The van der Waals surface area contributed by atoms with Crippen LogP contribution in [0.1, 0.15) is 45.2 Å². The summed E-state index contributed by atoms with van der Waals surface area (Å²) < 4.78 is 5.40. The lowest BCUT2D eigenvalue weighted by atomic mass is 10.0. The largest absolute Gasteiger partial charge is 0.381 e. The van der Waals surface area contributed by atoms with E-state index in [0.29, 0.717) is 25.0 Å². The molecule has 3 unspecified atom stereocenters. The van der Waals surface area contributed by atoms with Crippen LogP contribution >= 0.6 is 0 Å². The van der Waals surface area contributed by atoms with Gasteiger partial charge in [-0.05, 0) is 36.2 Å². The molecule has 0 saturated carbocycles. The number of hydrogen-bond donors (Lipinski definition) is 2. The van der Waals surface area contributed by atoms with Crippen molar-refractivity contribution in [2.24, 2.45) is 23.7 Å². The molecule has 3 aliphatic rings. The Labute approximate surface area is 208 Å². The van der Waals surface area contributed by atoms with Gasteiger partial charge in [0.1, 0.15) is 6.04 Å². The van der Waals surface area contributed by atoms with Gasteiger partial charge >= 0.3 is 0 Å². The van der Waals surface area contributed by atoms with Crippen LogP contribution in [0.3, 0.4) is 0 Å². The number of amides is 3. The predicted molar refractivity (Wildman–Crippen MR) is 133 cm³/mol. The second kappa shape index (κ2) is 11.5. The van der Waals surface area contributed by atoms with Crippen LogP contribution < -0.4 is 10.6 Å². The number of carbonyl (C=O) groups excluding carboxylic acids is 3. The maximum absolute atomic E-state index is 13.1. The zero-order valence-corrected chi connectivity index (χ0v) is 21.2. The quantitative estimate of drug-likeness (QED) is 0.558. The molecule has 1 aromatic rings. The van der Waals surface area contributed by atoms with E-state index in [4.69, 9.17) is 4.74 Å². The number of hydrogen-bond acceptors (Lipinski definition) is 5. The fourth-order valence-electron chi connectivity index (χ4n) is 5.73. The highest BCUT2D eigenvalue weighted by Gasteiger charge is 2.43. The summed E-state index contributed by atoms with van der Waals surface area (Å²) in [5.74, 6) is 0.894. The van der Waals surface area contributed by atoms with Gasteiger partial charge in [0.05, 0.1) is 18.6 Å². The van der Waals surface area contributed by atoms with E-state index in [1.165, 1.54) is 6.92 Å². The Morgan fingerprint density at radius 1 is 1.03 bits per heavy atom. The van der Waals surface area contributed by atoms with Crippen LogP contribution in [0.15, 0.2) is 30.3 Å². The van der Waals surface area contributed by atoms with E-state index in [1.54, 1.807) is 0 Å². The lowest BCUT2D eigenvalue weighted by Crippen LogP contribution is -2.50. The standard InChI is InChI=1S/C27H40N4O4/c1-18(2)25(28-19(3)32)27(34)31-15-22-13-30(14-23(22)16-31)11-9-24(20-7-5-4-6-8-20)29-26(33)21-10-12-35-17-21/h4-8,18,21-25H,9-17H2,1-3H3,(H,28,32)(H,29,33)/t21?,22?,23?,24-,25+/m0/s1. The summed E-state index contributed by atoms with van der Waals surface area (Å²) in [6, 6.07) is 9.72. The number of nitrogens with zero attached hydrogens (tertiary/aromatic N) is 2. The van der Waals surface area contributed by atoms with Gasteiger partial charge in [0.15, 0.2) is 0 Å². The second-order valence-corrected chi connectivity index (χ2v) is 10.8. The van der Waals surface area contributed by atoms with Crippen LogP contribution in [0.2, 0.25) is 0 Å². The first kappa shape index (κ1) is 25.6. The molecule has 0 aromatic heterocycles. The Bertz CT molecular complexity index is 872. The third-order valence-corrected chi connectivity index (χ3v) is 7.72. The minimum Gasteiger partial charge on any atom is -0.381 e. The molecule has 0 radical (unpaired) electrons. The fraction of sp³-hybridized carbons (Fsp3) is 0.667. The Morgan fingerprint density at radius 3 is 2.29 bits per heavy atom. The molecule has 8 nitrogen and oxygen atoms in total. The minimum absolute atomic E-state index is 0.0210. The van der Waals surface area contributed by atoms with Crippen LogP contribution in [0.25, 0.3) is 0 Å². The third kappa shape index (κ3) is 6.41. The van der Waals surface area contributed by atoms with Gasteiger partial charge in [0.25, 0.3) is 0 Å². The van der Waals surface area contributed by atoms with Crippen molar-refractivity contribution in [1.82, 2.24) is 20.4 Å². The highest BCUT2D eigenvalue weighted by atomic mass is 16.5. The van der Waals surface area contributed by atoms with Crippen molar-refractivity contribution in [3.05, 3.63) is 35.9 Å². The number of fused-ring (bicyclic) bond motifs is 1. The van der Waals surface area contributed by atoms with Gasteiger partial charge < -0.3 is 25.2 Å². The molecule has 3 saturated heterocycles.